The molecule has 0 fully saturated rings. The molecule has 0 spiro atoms. The molecule has 3 rings (SSSR count). The number of rotatable bonds is 3. The molecule has 0 unspecified atom stereocenters. The number of benzene rings is 2. The molecule has 2 aromatic carbocycles. The Labute approximate surface area is 147 Å². The fourth-order valence-corrected chi connectivity index (χ4v) is 2.51. The Morgan fingerprint density at radius 1 is 1.04 bits per heavy atom. The second-order valence-corrected chi connectivity index (χ2v) is 5.64. The maximum Gasteiger partial charge on any atom is 0.262 e. The molecule has 26 heavy (non-hydrogen) atoms. The van der Waals surface area contributed by atoms with Crippen LogP contribution in [0, 0.1) is 18.6 Å². The second-order valence-electron chi connectivity index (χ2n) is 5.64. The van der Waals surface area contributed by atoms with E-state index in [1.807, 2.05) is 0 Å². The third-order valence-electron chi connectivity index (χ3n) is 3.83. The number of hydrogen-bond donors (Lipinski definition) is 3. The predicted octanol–water partition coefficient (Wildman–Crippen LogP) is 4.00. The first-order valence-corrected chi connectivity index (χ1v) is 7.61. The third kappa shape index (κ3) is 3.32. The molecule has 3 aromatic rings. The van der Waals surface area contributed by atoms with Crippen LogP contribution in [0.5, 0.6) is 11.5 Å². The smallest absolute Gasteiger partial charge is 0.262 e. The van der Waals surface area contributed by atoms with E-state index in [2.05, 4.69) is 10.3 Å². The van der Waals surface area contributed by atoms with Crippen molar-refractivity contribution in [1.82, 2.24) is 4.98 Å². The van der Waals surface area contributed by atoms with Crippen LogP contribution < -0.4 is 5.32 Å². The maximum absolute atomic E-state index is 13.6. The lowest BCUT2D eigenvalue weighted by atomic mass is 10.0. The minimum Gasteiger partial charge on any atom is -0.504 e. The Kier molecular flexibility index (Phi) is 4.53. The lowest BCUT2D eigenvalue weighted by molar-refractivity contribution is 0.101. The number of carbonyl (C=O) groups excluding carboxylic acids is 1. The van der Waals surface area contributed by atoms with E-state index < -0.39 is 23.1 Å². The number of carbonyl (C=O) groups is 1. The number of pyridine rings is 1. The third-order valence-corrected chi connectivity index (χ3v) is 3.83. The van der Waals surface area contributed by atoms with Crippen LogP contribution in [-0.4, -0.2) is 21.1 Å². The maximum atomic E-state index is 13.6. The average molecular weight is 356 g/mol. The molecule has 3 N–H and O–H groups in total. The zero-order chi connectivity index (χ0) is 18.8. The predicted molar refractivity (Wildman–Crippen MR) is 92.1 cm³/mol. The van der Waals surface area contributed by atoms with Gasteiger partial charge in [-0.15, -0.1) is 0 Å². The fourth-order valence-electron chi connectivity index (χ4n) is 2.51. The first kappa shape index (κ1) is 17.3. The van der Waals surface area contributed by atoms with Crippen LogP contribution >= 0.6 is 0 Å². The van der Waals surface area contributed by atoms with Gasteiger partial charge in [-0.25, -0.2) is 13.8 Å². The fraction of sp³-hybridized carbons (Fsp3) is 0.0526. The molecule has 0 atom stereocenters. The van der Waals surface area contributed by atoms with E-state index in [1.165, 1.54) is 30.5 Å². The summed E-state index contributed by atoms with van der Waals surface area (Å²) in [6, 6.07) is 9.07. The Bertz CT molecular complexity index is 969. The van der Waals surface area contributed by atoms with E-state index >= 15 is 0 Å². The van der Waals surface area contributed by atoms with Gasteiger partial charge in [0.25, 0.3) is 5.91 Å². The molecule has 7 heteroatoms. The SMILES string of the molecule is Cc1cc(O)c(O)cc1-c1ccc(NC(=O)c2c(F)cccc2F)nc1. The number of aromatic nitrogens is 1. The van der Waals surface area contributed by atoms with Gasteiger partial charge >= 0.3 is 0 Å². The summed E-state index contributed by atoms with van der Waals surface area (Å²) in [5.74, 6) is -3.25. The van der Waals surface area contributed by atoms with Gasteiger partial charge < -0.3 is 15.5 Å². The molecular weight excluding hydrogens is 342 g/mol. The molecule has 1 amide bonds. The van der Waals surface area contributed by atoms with Gasteiger partial charge in [-0.1, -0.05) is 6.07 Å². The molecule has 0 aliphatic heterocycles. The van der Waals surface area contributed by atoms with Crippen LogP contribution in [0.2, 0.25) is 0 Å². The highest BCUT2D eigenvalue weighted by molar-refractivity contribution is 6.04. The molecule has 0 radical (unpaired) electrons. The summed E-state index contributed by atoms with van der Waals surface area (Å²) in [6.45, 7) is 1.76. The van der Waals surface area contributed by atoms with E-state index in [4.69, 9.17) is 0 Å². The van der Waals surface area contributed by atoms with Gasteiger partial charge in [0.1, 0.15) is 23.0 Å². The van der Waals surface area contributed by atoms with Crippen molar-refractivity contribution < 1.29 is 23.8 Å². The first-order chi connectivity index (χ1) is 12.4. The molecule has 0 aliphatic rings. The average Bonchev–Trinajstić information content (AvgIpc) is 2.59. The van der Waals surface area contributed by atoms with Crippen molar-refractivity contribution in [3.05, 3.63) is 71.4 Å². The van der Waals surface area contributed by atoms with Gasteiger partial charge in [-0.2, -0.15) is 0 Å². The second kappa shape index (κ2) is 6.79. The van der Waals surface area contributed by atoms with Crippen molar-refractivity contribution in [2.24, 2.45) is 0 Å². The molecule has 5 nitrogen and oxygen atoms in total. The van der Waals surface area contributed by atoms with Gasteiger partial charge in [0, 0.05) is 11.8 Å². The molecule has 0 aliphatic carbocycles. The number of nitrogens with one attached hydrogen (secondary N) is 1. The summed E-state index contributed by atoms with van der Waals surface area (Å²) in [4.78, 5) is 16.1. The summed E-state index contributed by atoms with van der Waals surface area (Å²) in [5, 5.41) is 21.5. The number of halogens is 2. The van der Waals surface area contributed by atoms with E-state index in [1.54, 1.807) is 13.0 Å². The highest BCUT2D eigenvalue weighted by atomic mass is 19.1. The van der Waals surface area contributed by atoms with Crippen LogP contribution in [0.1, 0.15) is 15.9 Å². The quantitative estimate of drug-likeness (QED) is 0.620. The number of amides is 1. The minimum atomic E-state index is -0.964. The number of phenols is 2. The topological polar surface area (TPSA) is 82.5 Å². The number of aryl methyl sites for hydroxylation is 1. The van der Waals surface area contributed by atoms with E-state index in [0.29, 0.717) is 16.7 Å². The minimum absolute atomic E-state index is 0.113. The summed E-state index contributed by atoms with van der Waals surface area (Å²) < 4.78 is 27.3. The van der Waals surface area contributed by atoms with Gasteiger partial charge in [-0.3, -0.25) is 4.79 Å². The van der Waals surface area contributed by atoms with E-state index in [-0.39, 0.29) is 17.3 Å². The van der Waals surface area contributed by atoms with Gasteiger partial charge in [0.15, 0.2) is 11.5 Å². The molecular formula is C19H14F2N2O3. The van der Waals surface area contributed by atoms with Crippen molar-refractivity contribution in [3.8, 4) is 22.6 Å². The lowest BCUT2D eigenvalue weighted by Crippen LogP contribution is -2.16. The van der Waals surface area contributed by atoms with Crippen LogP contribution in [0.15, 0.2) is 48.7 Å². The molecule has 0 saturated carbocycles. The summed E-state index contributed by atoms with van der Waals surface area (Å²) in [7, 11) is 0. The van der Waals surface area contributed by atoms with Crippen LogP contribution in [-0.2, 0) is 0 Å². The van der Waals surface area contributed by atoms with Crippen molar-refractivity contribution >= 4 is 11.7 Å². The monoisotopic (exact) mass is 356 g/mol. The molecule has 1 heterocycles. The van der Waals surface area contributed by atoms with Crippen LogP contribution in [0.3, 0.4) is 0 Å². The van der Waals surface area contributed by atoms with Crippen molar-refractivity contribution in [2.75, 3.05) is 5.32 Å². The number of phenolic OH excluding ortho intramolecular Hbond substituents is 2. The Morgan fingerprint density at radius 2 is 1.69 bits per heavy atom. The zero-order valence-electron chi connectivity index (χ0n) is 13.6. The molecule has 1 aromatic heterocycles. The van der Waals surface area contributed by atoms with Gasteiger partial charge in [-0.05, 0) is 54.4 Å². The molecule has 132 valence electrons. The van der Waals surface area contributed by atoms with Gasteiger partial charge in [0.05, 0.1) is 0 Å². The van der Waals surface area contributed by atoms with Crippen molar-refractivity contribution in [2.45, 2.75) is 6.92 Å². The number of nitrogens with zero attached hydrogens (tertiary/aromatic N) is 1. The standard InChI is InChI=1S/C19H14F2N2O3/c1-10-7-15(24)16(25)8-12(10)11-5-6-17(22-9-11)23-19(26)18-13(20)3-2-4-14(18)21/h2-9,24-25H,1H3,(H,22,23,26). The number of hydrogen-bond acceptors (Lipinski definition) is 4. The van der Waals surface area contributed by atoms with Crippen molar-refractivity contribution in [1.29, 1.82) is 0 Å². The first-order valence-electron chi connectivity index (χ1n) is 7.61. The van der Waals surface area contributed by atoms with Crippen molar-refractivity contribution in [3.63, 3.8) is 0 Å². The zero-order valence-corrected chi connectivity index (χ0v) is 13.6. The number of aromatic hydroxyl groups is 2. The lowest BCUT2D eigenvalue weighted by Gasteiger charge is -2.10. The van der Waals surface area contributed by atoms with Crippen LogP contribution in [0.25, 0.3) is 11.1 Å². The van der Waals surface area contributed by atoms with Crippen LogP contribution in [0.4, 0.5) is 14.6 Å². The Hall–Kier alpha value is -3.48. The Morgan fingerprint density at radius 3 is 2.31 bits per heavy atom. The van der Waals surface area contributed by atoms with E-state index in [0.717, 1.165) is 12.1 Å². The summed E-state index contributed by atoms with van der Waals surface area (Å²) >= 11 is 0. The van der Waals surface area contributed by atoms with E-state index in [9.17, 15) is 23.8 Å². The molecule has 0 bridgehead atoms. The highest BCUT2D eigenvalue weighted by Crippen LogP contribution is 2.33. The molecule has 0 saturated heterocycles. The summed E-state index contributed by atoms with van der Waals surface area (Å²) in [5.41, 5.74) is 1.31. The summed E-state index contributed by atoms with van der Waals surface area (Å²) in [6.07, 6.45) is 1.44. The van der Waals surface area contributed by atoms with Gasteiger partial charge in [0.2, 0.25) is 0 Å². The normalized spacial score (nSPS) is 10.6. The number of anilines is 1. The highest BCUT2D eigenvalue weighted by Gasteiger charge is 2.17. The Balaban J connectivity index is 1.85. The largest absolute Gasteiger partial charge is 0.504 e.